The van der Waals surface area contributed by atoms with E-state index in [0.717, 1.165) is 46.5 Å². The standard InChI is InChI=1S/C21H21NO5/c1-11-18-13(4-5-15(24-2)19(18)25-3)20(23)21(11)14-9-17-16(26-10-27-17)8-12(14)6-7-22-21/h4-5,8-9,20,22-23H,1,6-7,10H2,2-3H3/t20-,21-/m0/s1. The number of hydrogen-bond acceptors (Lipinski definition) is 6. The van der Waals surface area contributed by atoms with Gasteiger partial charge in [-0.2, -0.15) is 0 Å². The van der Waals surface area contributed by atoms with Crippen LogP contribution in [0.25, 0.3) is 5.57 Å². The lowest BCUT2D eigenvalue weighted by molar-refractivity contribution is 0.0963. The fourth-order valence-corrected chi connectivity index (χ4v) is 4.64. The molecule has 6 nitrogen and oxygen atoms in total. The van der Waals surface area contributed by atoms with E-state index in [1.807, 2.05) is 24.3 Å². The number of nitrogens with one attached hydrogen (secondary N) is 1. The highest BCUT2D eigenvalue weighted by molar-refractivity contribution is 5.87. The molecule has 2 atom stereocenters. The van der Waals surface area contributed by atoms with Crippen LogP contribution < -0.4 is 24.3 Å². The van der Waals surface area contributed by atoms with Crippen molar-refractivity contribution in [2.24, 2.45) is 0 Å². The molecule has 0 aromatic heterocycles. The smallest absolute Gasteiger partial charge is 0.231 e. The first-order valence-electron chi connectivity index (χ1n) is 8.92. The number of aliphatic hydroxyl groups is 1. The van der Waals surface area contributed by atoms with E-state index in [9.17, 15) is 5.11 Å². The topological polar surface area (TPSA) is 69.2 Å². The van der Waals surface area contributed by atoms with Gasteiger partial charge in [-0.15, -0.1) is 0 Å². The van der Waals surface area contributed by atoms with Crippen molar-refractivity contribution in [2.75, 3.05) is 27.6 Å². The van der Waals surface area contributed by atoms with Gasteiger partial charge in [-0.1, -0.05) is 12.6 Å². The Bertz CT molecular complexity index is 970. The van der Waals surface area contributed by atoms with E-state index in [1.54, 1.807) is 14.2 Å². The van der Waals surface area contributed by atoms with E-state index in [0.29, 0.717) is 17.2 Å². The summed E-state index contributed by atoms with van der Waals surface area (Å²) in [5.74, 6) is 2.65. The molecule has 6 heteroatoms. The molecule has 2 aromatic carbocycles. The molecule has 2 aromatic rings. The van der Waals surface area contributed by atoms with Crippen LogP contribution in [0, 0.1) is 0 Å². The SMILES string of the molecule is C=C1c2c(ccc(OC)c2OC)[C@H](O)[C@]12NCCc1cc3c(cc12)OCO3. The molecule has 0 unspecified atom stereocenters. The zero-order valence-electron chi connectivity index (χ0n) is 15.3. The van der Waals surface area contributed by atoms with Gasteiger partial charge >= 0.3 is 0 Å². The molecule has 0 radical (unpaired) electrons. The van der Waals surface area contributed by atoms with Crippen molar-refractivity contribution in [1.29, 1.82) is 0 Å². The summed E-state index contributed by atoms with van der Waals surface area (Å²) < 4.78 is 22.2. The fourth-order valence-electron chi connectivity index (χ4n) is 4.64. The van der Waals surface area contributed by atoms with E-state index in [1.165, 1.54) is 0 Å². The second-order valence-electron chi connectivity index (χ2n) is 6.99. The molecule has 0 bridgehead atoms. The van der Waals surface area contributed by atoms with E-state index in [4.69, 9.17) is 18.9 Å². The summed E-state index contributed by atoms with van der Waals surface area (Å²) in [6, 6.07) is 7.68. The van der Waals surface area contributed by atoms with Crippen molar-refractivity contribution in [2.45, 2.75) is 18.1 Å². The van der Waals surface area contributed by atoms with Crippen molar-refractivity contribution in [3.05, 3.63) is 53.1 Å². The molecule has 1 aliphatic carbocycles. The maximum absolute atomic E-state index is 11.4. The lowest BCUT2D eigenvalue weighted by Gasteiger charge is -2.41. The first kappa shape index (κ1) is 16.5. The van der Waals surface area contributed by atoms with Crippen LogP contribution in [-0.4, -0.2) is 32.7 Å². The highest BCUT2D eigenvalue weighted by Crippen LogP contribution is 2.59. The molecule has 0 saturated carbocycles. The van der Waals surface area contributed by atoms with Crippen LogP contribution in [0.1, 0.15) is 28.4 Å². The van der Waals surface area contributed by atoms with Gasteiger partial charge in [-0.25, -0.2) is 0 Å². The number of aliphatic hydroxyl groups excluding tert-OH is 1. The Morgan fingerprint density at radius 3 is 2.70 bits per heavy atom. The summed E-state index contributed by atoms with van der Waals surface area (Å²) in [6.07, 6.45) is 0.0316. The van der Waals surface area contributed by atoms with Gasteiger partial charge in [0.2, 0.25) is 6.79 Å². The van der Waals surface area contributed by atoms with Crippen LogP contribution in [-0.2, 0) is 12.0 Å². The van der Waals surface area contributed by atoms with Gasteiger partial charge in [0.15, 0.2) is 23.0 Å². The van der Waals surface area contributed by atoms with Gasteiger partial charge in [-0.3, -0.25) is 0 Å². The summed E-state index contributed by atoms with van der Waals surface area (Å²) in [5, 5.41) is 14.9. The summed E-state index contributed by atoms with van der Waals surface area (Å²) in [7, 11) is 3.20. The number of benzene rings is 2. The highest BCUT2D eigenvalue weighted by Gasteiger charge is 2.53. The molecule has 1 spiro atoms. The van der Waals surface area contributed by atoms with Crippen LogP contribution in [0.2, 0.25) is 0 Å². The second kappa shape index (κ2) is 5.65. The number of rotatable bonds is 2. The number of methoxy groups -OCH3 is 2. The average molecular weight is 367 g/mol. The summed E-state index contributed by atoms with van der Waals surface area (Å²) in [5.41, 5.74) is 3.58. The molecule has 0 amide bonds. The predicted octanol–water partition coefficient (Wildman–Crippen LogP) is 2.53. The Morgan fingerprint density at radius 2 is 1.96 bits per heavy atom. The summed E-state index contributed by atoms with van der Waals surface area (Å²) >= 11 is 0. The van der Waals surface area contributed by atoms with E-state index in [-0.39, 0.29) is 6.79 Å². The van der Waals surface area contributed by atoms with Gasteiger partial charge in [0.05, 0.1) is 14.2 Å². The Kier molecular flexibility index (Phi) is 3.44. The molecular weight excluding hydrogens is 346 g/mol. The van der Waals surface area contributed by atoms with Crippen molar-refractivity contribution in [3.63, 3.8) is 0 Å². The molecule has 140 valence electrons. The van der Waals surface area contributed by atoms with E-state index >= 15 is 0 Å². The maximum Gasteiger partial charge on any atom is 0.231 e. The van der Waals surface area contributed by atoms with Crippen LogP contribution in [0.3, 0.4) is 0 Å². The molecule has 2 aliphatic heterocycles. The molecule has 3 aliphatic rings. The largest absolute Gasteiger partial charge is 0.493 e. The molecule has 2 heterocycles. The normalized spacial score (nSPS) is 24.7. The molecule has 0 fully saturated rings. The van der Waals surface area contributed by atoms with E-state index in [2.05, 4.69) is 11.9 Å². The number of fused-ring (bicyclic) bond motifs is 4. The third-order valence-corrected chi connectivity index (χ3v) is 5.88. The van der Waals surface area contributed by atoms with Gasteiger partial charge in [-0.05, 0) is 46.9 Å². The lowest BCUT2D eigenvalue weighted by Crippen LogP contribution is -2.49. The highest BCUT2D eigenvalue weighted by atomic mass is 16.7. The van der Waals surface area contributed by atoms with Gasteiger partial charge in [0.1, 0.15) is 11.6 Å². The molecular formula is C21H21NO5. The Morgan fingerprint density at radius 1 is 1.19 bits per heavy atom. The first-order valence-corrected chi connectivity index (χ1v) is 8.92. The minimum Gasteiger partial charge on any atom is -0.493 e. The summed E-state index contributed by atoms with van der Waals surface area (Å²) in [4.78, 5) is 0. The Labute approximate surface area is 157 Å². The molecule has 5 rings (SSSR count). The fraction of sp³-hybridized carbons (Fsp3) is 0.333. The van der Waals surface area contributed by atoms with Crippen LogP contribution in [0.15, 0.2) is 30.8 Å². The third-order valence-electron chi connectivity index (χ3n) is 5.88. The molecule has 2 N–H and O–H groups in total. The lowest BCUT2D eigenvalue weighted by atomic mass is 9.76. The predicted molar refractivity (Wildman–Crippen MR) is 99.5 cm³/mol. The van der Waals surface area contributed by atoms with E-state index < -0.39 is 11.6 Å². The average Bonchev–Trinajstić information content (AvgIpc) is 3.23. The van der Waals surface area contributed by atoms with Gasteiger partial charge in [0.25, 0.3) is 0 Å². The zero-order chi connectivity index (χ0) is 18.8. The van der Waals surface area contributed by atoms with Crippen molar-refractivity contribution in [3.8, 4) is 23.0 Å². The second-order valence-corrected chi connectivity index (χ2v) is 6.99. The van der Waals surface area contributed by atoms with Gasteiger partial charge < -0.3 is 29.4 Å². The van der Waals surface area contributed by atoms with Crippen molar-refractivity contribution >= 4 is 5.57 Å². The van der Waals surface area contributed by atoms with Crippen molar-refractivity contribution < 1.29 is 24.1 Å². The maximum atomic E-state index is 11.4. The third kappa shape index (κ3) is 1.97. The number of hydrogen-bond donors (Lipinski definition) is 2. The summed E-state index contributed by atoms with van der Waals surface area (Å²) in [6.45, 7) is 5.30. The minimum atomic E-state index is -0.837. The monoisotopic (exact) mass is 367 g/mol. The number of ether oxygens (including phenoxy) is 4. The molecule has 27 heavy (non-hydrogen) atoms. The van der Waals surface area contributed by atoms with Crippen LogP contribution in [0.4, 0.5) is 0 Å². The van der Waals surface area contributed by atoms with Gasteiger partial charge in [0, 0.05) is 12.1 Å². The minimum absolute atomic E-state index is 0.216. The van der Waals surface area contributed by atoms with Crippen LogP contribution in [0.5, 0.6) is 23.0 Å². The van der Waals surface area contributed by atoms with Crippen LogP contribution >= 0.6 is 0 Å². The Balaban J connectivity index is 1.75. The van der Waals surface area contributed by atoms with Crippen molar-refractivity contribution in [1.82, 2.24) is 5.32 Å². The quantitative estimate of drug-likeness (QED) is 0.850. The zero-order valence-corrected chi connectivity index (χ0v) is 15.3. The molecule has 0 saturated heterocycles. The first-order chi connectivity index (χ1) is 13.1. The Hall–Kier alpha value is -2.70.